The van der Waals surface area contributed by atoms with E-state index in [1.807, 2.05) is 37.3 Å². The molecule has 1 fully saturated rings. The fourth-order valence-electron chi connectivity index (χ4n) is 2.99. The molecule has 0 spiro atoms. The Hall–Kier alpha value is -2.49. The van der Waals surface area contributed by atoms with Crippen molar-refractivity contribution < 1.29 is 4.79 Å². The fraction of sp³-hybridized carbons (Fsp3) is 0.316. The Kier molecular flexibility index (Phi) is 4.81. The van der Waals surface area contributed by atoms with Gasteiger partial charge >= 0.3 is 6.03 Å². The molecule has 1 aliphatic rings. The molecule has 1 aliphatic heterocycles. The second-order valence-electron chi connectivity index (χ2n) is 6.09. The van der Waals surface area contributed by atoms with Gasteiger partial charge in [-0.25, -0.2) is 4.79 Å². The quantitative estimate of drug-likeness (QED) is 0.905. The Morgan fingerprint density at radius 2 is 1.87 bits per heavy atom. The lowest BCUT2D eigenvalue weighted by Gasteiger charge is -2.18. The maximum absolute atomic E-state index is 12.0. The summed E-state index contributed by atoms with van der Waals surface area (Å²) in [6.45, 7) is 4.75. The molecule has 23 heavy (non-hydrogen) atoms. The third kappa shape index (κ3) is 4.03. The number of carbonyl (C=O) groups is 1. The molecule has 2 amide bonds. The van der Waals surface area contributed by atoms with Crippen molar-refractivity contribution in [2.75, 3.05) is 29.9 Å². The van der Waals surface area contributed by atoms with Crippen molar-refractivity contribution in [3.05, 3.63) is 60.2 Å². The van der Waals surface area contributed by atoms with E-state index in [4.69, 9.17) is 0 Å². The Labute approximate surface area is 137 Å². The van der Waals surface area contributed by atoms with E-state index in [1.165, 1.54) is 5.69 Å². The normalized spacial score (nSPS) is 17.1. The highest BCUT2D eigenvalue weighted by Crippen LogP contribution is 2.23. The van der Waals surface area contributed by atoms with E-state index < -0.39 is 0 Å². The van der Waals surface area contributed by atoms with E-state index >= 15 is 0 Å². The van der Waals surface area contributed by atoms with Crippen LogP contribution < -0.4 is 15.5 Å². The van der Waals surface area contributed by atoms with Crippen LogP contribution in [-0.4, -0.2) is 25.7 Å². The zero-order valence-corrected chi connectivity index (χ0v) is 13.5. The lowest BCUT2D eigenvalue weighted by atomic mass is 10.1. The van der Waals surface area contributed by atoms with Crippen molar-refractivity contribution in [1.29, 1.82) is 0 Å². The van der Waals surface area contributed by atoms with Gasteiger partial charge in [0.25, 0.3) is 0 Å². The molecule has 0 unspecified atom stereocenters. The predicted molar refractivity (Wildman–Crippen MR) is 95.0 cm³/mol. The number of anilines is 2. The minimum atomic E-state index is -0.127. The minimum Gasteiger partial charge on any atom is -0.371 e. The van der Waals surface area contributed by atoms with Gasteiger partial charge in [-0.15, -0.1) is 0 Å². The van der Waals surface area contributed by atoms with Crippen molar-refractivity contribution in [3.8, 4) is 0 Å². The number of rotatable bonds is 4. The van der Waals surface area contributed by atoms with Crippen molar-refractivity contribution >= 4 is 17.4 Å². The number of benzene rings is 2. The number of carbonyl (C=O) groups excluding carboxylic acids is 1. The Morgan fingerprint density at radius 1 is 1.13 bits per heavy atom. The molecule has 0 aliphatic carbocycles. The van der Waals surface area contributed by atoms with Gasteiger partial charge in [-0.2, -0.15) is 0 Å². The first-order valence-electron chi connectivity index (χ1n) is 8.13. The highest BCUT2D eigenvalue weighted by molar-refractivity contribution is 5.90. The van der Waals surface area contributed by atoms with Crippen molar-refractivity contribution in [1.82, 2.24) is 5.32 Å². The minimum absolute atomic E-state index is 0.127. The number of aryl methyl sites for hydroxylation is 1. The first-order valence-corrected chi connectivity index (χ1v) is 8.13. The lowest BCUT2D eigenvalue weighted by Crippen LogP contribution is -2.34. The number of nitrogens with zero attached hydrogens (tertiary/aromatic N) is 1. The Balaban J connectivity index is 1.46. The highest BCUT2D eigenvalue weighted by atomic mass is 16.2. The lowest BCUT2D eigenvalue weighted by molar-refractivity contribution is 0.250. The summed E-state index contributed by atoms with van der Waals surface area (Å²) >= 11 is 0. The molecule has 0 saturated carbocycles. The number of nitrogens with one attached hydrogen (secondary N) is 2. The molecule has 4 heteroatoms. The number of amides is 2. The largest absolute Gasteiger partial charge is 0.371 e. The molecular weight excluding hydrogens is 286 g/mol. The molecule has 3 rings (SSSR count). The first kappa shape index (κ1) is 15.4. The molecule has 120 valence electrons. The summed E-state index contributed by atoms with van der Waals surface area (Å²) in [4.78, 5) is 14.4. The molecule has 1 heterocycles. The number of hydrogen-bond acceptors (Lipinski definition) is 2. The van der Waals surface area contributed by atoms with Crippen LogP contribution in [0.15, 0.2) is 54.6 Å². The molecular formula is C19H23N3O. The summed E-state index contributed by atoms with van der Waals surface area (Å²) in [6, 6.07) is 18.1. The maximum atomic E-state index is 12.0. The molecule has 2 aromatic rings. The topological polar surface area (TPSA) is 44.4 Å². The molecule has 1 atom stereocenters. The van der Waals surface area contributed by atoms with Crippen molar-refractivity contribution in [3.63, 3.8) is 0 Å². The van der Waals surface area contributed by atoms with E-state index in [0.717, 1.165) is 30.8 Å². The van der Waals surface area contributed by atoms with E-state index in [-0.39, 0.29) is 6.03 Å². The summed E-state index contributed by atoms with van der Waals surface area (Å²) in [5.74, 6) is 0.498. The van der Waals surface area contributed by atoms with Gasteiger partial charge in [0.05, 0.1) is 0 Å². The van der Waals surface area contributed by atoms with Gasteiger partial charge < -0.3 is 15.5 Å². The van der Waals surface area contributed by atoms with E-state index in [9.17, 15) is 4.79 Å². The molecule has 0 aromatic heterocycles. The highest BCUT2D eigenvalue weighted by Gasteiger charge is 2.22. The van der Waals surface area contributed by atoms with Crippen LogP contribution in [0.4, 0.5) is 16.2 Å². The van der Waals surface area contributed by atoms with Crippen LogP contribution in [0, 0.1) is 12.8 Å². The zero-order valence-electron chi connectivity index (χ0n) is 13.5. The Bertz CT molecular complexity index is 657. The van der Waals surface area contributed by atoms with Gasteiger partial charge in [0.1, 0.15) is 0 Å². The molecule has 4 nitrogen and oxygen atoms in total. The smallest absolute Gasteiger partial charge is 0.319 e. The van der Waals surface area contributed by atoms with Gasteiger partial charge in [0.15, 0.2) is 0 Å². The second-order valence-corrected chi connectivity index (χ2v) is 6.09. The summed E-state index contributed by atoms with van der Waals surface area (Å²) < 4.78 is 0. The summed E-state index contributed by atoms with van der Waals surface area (Å²) in [5, 5.41) is 5.91. The van der Waals surface area contributed by atoms with Crippen LogP contribution in [-0.2, 0) is 0 Å². The SMILES string of the molecule is Cc1ccccc1NC(=O)NC[C@H]1CCN(c2ccccc2)C1. The first-order chi connectivity index (χ1) is 11.2. The van der Waals surface area contributed by atoms with Crippen molar-refractivity contribution in [2.24, 2.45) is 5.92 Å². The fourth-order valence-corrected chi connectivity index (χ4v) is 2.99. The summed E-state index contributed by atoms with van der Waals surface area (Å²) in [7, 11) is 0. The molecule has 2 aromatic carbocycles. The van der Waals surface area contributed by atoms with Gasteiger partial charge in [0.2, 0.25) is 0 Å². The van der Waals surface area contributed by atoms with E-state index in [1.54, 1.807) is 0 Å². The number of urea groups is 1. The average Bonchev–Trinajstić information content (AvgIpc) is 3.05. The van der Waals surface area contributed by atoms with Gasteiger partial charge in [-0.1, -0.05) is 36.4 Å². The van der Waals surface area contributed by atoms with Gasteiger partial charge in [-0.05, 0) is 43.0 Å². The molecule has 2 N–H and O–H groups in total. The zero-order chi connectivity index (χ0) is 16.1. The van der Waals surface area contributed by atoms with Gasteiger partial charge in [0, 0.05) is 31.0 Å². The van der Waals surface area contributed by atoms with Gasteiger partial charge in [-0.3, -0.25) is 0 Å². The van der Waals surface area contributed by atoms with Crippen molar-refractivity contribution in [2.45, 2.75) is 13.3 Å². The standard InChI is InChI=1S/C19H23N3O/c1-15-7-5-6-10-18(15)21-19(23)20-13-16-11-12-22(14-16)17-8-3-2-4-9-17/h2-10,16H,11-14H2,1H3,(H2,20,21,23)/t16-/m1/s1. The van der Waals surface area contributed by atoms with Crippen LogP contribution in [0.1, 0.15) is 12.0 Å². The Morgan fingerprint density at radius 3 is 2.65 bits per heavy atom. The van der Waals surface area contributed by atoms with Crippen LogP contribution in [0.3, 0.4) is 0 Å². The third-order valence-electron chi connectivity index (χ3n) is 4.35. The summed E-state index contributed by atoms with van der Waals surface area (Å²) in [6.07, 6.45) is 1.11. The van der Waals surface area contributed by atoms with Crippen LogP contribution in [0.5, 0.6) is 0 Å². The predicted octanol–water partition coefficient (Wildman–Crippen LogP) is 3.64. The average molecular weight is 309 g/mol. The third-order valence-corrected chi connectivity index (χ3v) is 4.35. The maximum Gasteiger partial charge on any atom is 0.319 e. The second kappa shape index (κ2) is 7.18. The van der Waals surface area contributed by atoms with E-state index in [2.05, 4.69) is 39.8 Å². The number of hydrogen-bond donors (Lipinski definition) is 2. The number of para-hydroxylation sites is 2. The molecule has 0 radical (unpaired) electrons. The van der Waals surface area contributed by atoms with Crippen LogP contribution in [0.2, 0.25) is 0 Å². The van der Waals surface area contributed by atoms with Crippen LogP contribution >= 0.6 is 0 Å². The van der Waals surface area contributed by atoms with E-state index in [0.29, 0.717) is 12.5 Å². The molecule has 0 bridgehead atoms. The summed E-state index contributed by atoms with van der Waals surface area (Å²) in [5.41, 5.74) is 3.19. The molecule has 1 saturated heterocycles. The monoisotopic (exact) mass is 309 g/mol. The van der Waals surface area contributed by atoms with Crippen LogP contribution in [0.25, 0.3) is 0 Å².